The number of ether oxygens (including phenoxy) is 4. The van der Waals surface area contributed by atoms with E-state index in [9.17, 15) is 4.79 Å². The van der Waals surface area contributed by atoms with Crippen LogP contribution >= 0.6 is 0 Å². The predicted molar refractivity (Wildman–Crippen MR) is 213 cm³/mol. The van der Waals surface area contributed by atoms with Crippen LogP contribution in [0, 0.1) is 0 Å². The monoisotopic (exact) mass is 724 g/mol. The molecule has 8 nitrogen and oxygen atoms in total. The maximum absolute atomic E-state index is 13.3. The highest BCUT2D eigenvalue weighted by Crippen LogP contribution is 2.30. The quantitative estimate of drug-likeness (QED) is 0.0247. The number of nitrogens with zero attached hydrogens (tertiary/aromatic N) is 2. The molecule has 0 radical (unpaired) electrons. The van der Waals surface area contributed by atoms with Crippen molar-refractivity contribution in [3.8, 4) is 45.9 Å². The van der Waals surface area contributed by atoms with Crippen molar-refractivity contribution in [1.29, 1.82) is 0 Å². The van der Waals surface area contributed by atoms with Gasteiger partial charge in [-0.15, -0.1) is 16.8 Å². The number of hydrogen-bond acceptors (Lipinski definition) is 8. The van der Waals surface area contributed by atoms with Crippen LogP contribution in [0.5, 0.6) is 23.0 Å². The van der Waals surface area contributed by atoms with E-state index in [2.05, 4.69) is 30.6 Å². The number of aromatic nitrogens is 2. The zero-order valence-electron chi connectivity index (χ0n) is 32.1. The Labute approximate surface area is 317 Å². The minimum atomic E-state index is -0.514. The Kier molecular flexibility index (Phi) is 19.1. The normalized spacial score (nSPS) is 11.0. The fourth-order valence-electron chi connectivity index (χ4n) is 5.94. The van der Waals surface area contributed by atoms with Gasteiger partial charge in [-0.1, -0.05) is 103 Å². The van der Waals surface area contributed by atoms with Gasteiger partial charge in [0.25, 0.3) is 0 Å². The van der Waals surface area contributed by atoms with Crippen LogP contribution in [0.25, 0.3) is 22.9 Å². The lowest BCUT2D eigenvalue weighted by Gasteiger charge is -2.14. The Hall–Kier alpha value is -4.59. The average molecular weight is 725 g/mol. The van der Waals surface area contributed by atoms with Crippen molar-refractivity contribution >= 4 is 5.97 Å². The van der Waals surface area contributed by atoms with Gasteiger partial charge < -0.3 is 23.4 Å². The summed E-state index contributed by atoms with van der Waals surface area (Å²) < 4.78 is 29.7. The highest BCUT2D eigenvalue weighted by molar-refractivity contribution is 5.94. The predicted octanol–water partition coefficient (Wildman–Crippen LogP) is 12.6. The summed E-state index contributed by atoms with van der Waals surface area (Å²) >= 11 is 0. The van der Waals surface area contributed by atoms with Gasteiger partial charge in [0.2, 0.25) is 11.8 Å². The van der Waals surface area contributed by atoms with Crippen LogP contribution in [0.15, 0.2) is 83.8 Å². The van der Waals surface area contributed by atoms with E-state index in [1.807, 2.05) is 30.3 Å². The van der Waals surface area contributed by atoms with Crippen molar-refractivity contribution in [2.45, 2.75) is 123 Å². The molecular formula is C45H60N2O6. The third kappa shape index (κ3) is 15.1. The van der Waals surface area contributed by atoms with Crippen molar-refractivity contribution in [2.24, 2.45) is 0 Å². The van der Waals surface area contributed by atoms with Gasteiger partial charge in [0.05, 0.1) is 19.8 Å². The van der Waals surface area contributed by atoms with Crippen LogP contribution in [0.3, 0.4) is 0 Å². The van der Waals surface area contributed by atoms with Gasteiger partial charge in [-0.2, -0.15) is 0 Å². The number of esters is 1. The number of rotatable bonds is 28. The molecule has 8 heteroatoms. The van der Waals surface area contributed by atoms with Crippen LogP contribution in [-0.4, -0.2) is 36.0 Å². The molecule has 0 bridgehead atoms. The second-order valence-corrected chi connectivity index (χ2v) is 13.6. The van der Waals surface area contributed by atoms with E-state index in [-0.39, 0.29) is 0 Å². The summed E-state index contributed by atoms with van der Waals surface area (Å²) in [6.45, 7) is 10.0. The van der Waals surface area contributed by atoms with Crippen LogP contribution in [0.2, 0.25) is 0 Å². The van der Waals surface area contributed by atoms with Gasteiger partial charge >= 0.3 is 5.97 Å². The molecule has 0 amide bonds. The van der Waals surface area contributed by atoms with E-state index in [1.54, 1.807) is 42.5 Å². The molecule has 0 aliphatic heterocycles. The van der Waals surface area contributed by atoms with E-state index in [4.69, 9.17) is 23.4 Å². The fraction of sp³-hybridized carbons (Fsp3) is 0.489. The molecule has 0 saturated carbocycles. The molecule has 0 fully saturated rings. The number of hydrogen-bond donors (Lipinski definition) is 0. The number of unbranched alkanes of at least 4 members (excludes halogenated alkanes) is 14. The molecule has 4 aromatic rings. The van der Waals surface area contributed by atoms with Crippen molar-refractivity contribution in [1.82, 2.24) is 10.2 Å². The molecule has 0 saturated heterocycles. The Morgan fingerprint density at radius 3 is 1.60 bits per heavy atom. The summed E-state index contributed by atoms with van der Waals surface area (Å²) in [4.78, 5) is 13.3. The molecular weight excluding hydrogens is 665 g/mol. The molecule has 0 aliphatic rings. The molecule has 4 rings (SSSR count). The summed E-state index contributed by atoms with van der Waals surface area (Å²) in [6.07, 6.45) is 22.2. The molecule has 0 aliphatic carbocycles. The van der Waals surface area contributed by atoms with Crippen molar-refractivity contribution in [2.75, 3.05) is 19.8 Å². The summed E-state index contributed by atoms with van der Waals surface area (Å²) in [6, 6.07) is 20.0. The Morgan fingerprint density at radius 1 is 0.585 bits per heavy atom. The smallest absolute Gasteiger partial charge is 0.347 e. The van der Waals surface area contributed by atoms with Crippen molar-refractivity contribution in [3.63, 3.8) is 0 Å². The summed E-state index contributed by atoms with van der Waals surface area (Å²) in [5.74, 6) is 2.60. The Bertz CT molecular complexity index is 1600. The molecule has 0 atom stereocenters. The molecule has 3 aromatic carbocycles. The Morgan fingerprint density at radius 2 is 1.06 bits per heavy atom. The zero-order chi connectivity index (χ0) is 37.4. The van der Waals surface area contributed by atoms with Gasteiger partial charge in [-0.05, 0) is 86.3 Å². The topological polar surface area (TPSA) is 92.9 Å². The molecule has 1 aromatic heterocycles. The first-order valence-electron chi connectivity index (χ1n) is 20.0. The summed E-state index contributed by atoms with van der Waals surface area (Å²) in [5.41, 5.74) is 1.86. The highest BCUT2D eigenvalue weighted by atomic mass is 16.5. The largest absolute Gasteiger partial charge is 0.494 e. The third-order valence-corrected chi connectivity index (χ3v) is 9.10. The van der Waals surface area contributed by atoms with E-state index < -0.39 is 5.97 Å². The Balaban J connectivity index is 1.26. The van der Waals surface area contributed by atoms with Gasteiger partial charge in [-0.3, -0.25) is 0 Å². The SMILES string of the molecule is C=CCCCOc1cc(OCCCCCCCC)ccc1C(=O)Oc1ccc(-c2nnc(-c3ccc(OCCCCCCCCCCC)cc3)o2)cc1. The van der Waals surface area contributed by atoms with E-state index in [0.29, 0.717) is 53.4 Å². The number of carbonyl (C=O) groups excluding carboxylic acids is 1. The number of allylic oxidation sites excluding steroid dienone is 1. The second-order valence-electron chi connectivity index (χ2n) is 13.6. The lowest BCUT2D eigenvalue weighted by molar-refractivity contribution is 0.0730. The number of benzene rings is 3. The van der Waals surface area contributed by atoms with Crippen molar-refractivity contribution in [3.05, 3.63) is 84.9 Å². The minimum absolute atomic E-state index is 0.334. The first-order valence-corrected chi connectivity index (χ1v) is 20.0. The molecule has 0 unspecified atom stereocenters. The van der Waals surface area contributed by atoms with E-state index in [0.717, 1.165) is 50.0 Å². The summed E-state index contributed by atoms with van der Waals surface area (Å²) in [5, 5.41) is 8.49. The lowest BCUT2D eigenvalue weighted by Crippen LogP contribution is -2.12. The molecule has 1 heterocycles. The summed E-state index contributed by atoms with van der Waals surface area (Å²) in [7, 11) is 0. The van der Waals surface area contributed by atoms with Crippen molar-refractivity contribution < 1.29 is 28.2 Å². The minimum Gasteiger partial charge on any atom is -0.494 e. The van der Waals surface area contributed by atoms with Gasteiger partial charge in [0.15, 0.2) is 0 Å². The van der Waals surface area contributed by atoms with Crippen LogP contribution < -0.4 is 18.9 Å². The third-order valence-electron chi connectivity index (χ3n) is 9.10. The second kappa shape index (κ2) is 24.6. The average Bonchev–Trinajstić information content (AvgIpc) is 3.68. The maximum atomic E-state index is 13.3. The van der Waals surface area contributed by atoms with Gasteiger partial charge in [0.1, 0.15) is 28.6 Å². The molecule has 286 valence electrons. The molecule has 0 N–H and O–H groups in total. The zero-order valence-corrected chi connectivity index (χ0v) is 32.1. The van der Waals surface area contributed by atoms with Crippen LogP contribution in [0.4, 0.5) is 0 Å². The first-order chi connectivity index (χ1) is 26.1. The standard InChI is InChI=1S/C45H60N2O6/c1-4-7-10-12-14-15-16-18-20-32-49-38-26-22-36(23-27-38)43-46-47-44(53-43)37-24-28-39(29-25-37)52-45(48)41-31-30-40(35-42(41)51-34-19-9-6-3)50-33-21-17-13-11-8-5-2/h6,22-31,35H,3-5,7-21,32-34H2,1-2H3. The van der Waals surface area contributed by atoms with Crippen LogP contribution in [0.1, 0.15) is 133 Å². The molecule has 0 spiro atoms. The van der Waals surface area contributed by atoms with Crippen LogP contribution in [-0.2, 0) is 0 Å². The fourth-order valence-corrected chi connectivity index (χ4v) is 5.94. The van der Waals surface area contributed by atoms with Gasteiger partial charge in [0, 0.05) is 17.2 Å². The number of carbonyl (C=O) groups is 1. The highest BCUT2D eigenvalue weighted by Gasteiger charge is 2.18. The molecule has 53 heavy (non-hydrogen) atoms. The lowest BCUT2D eigenvalue weighted by atomic mass is 10.1. The van der Waals surface area contributed by atoms with E-state index >= 15 is 0 Å². The first kappa shape index (κ1) is 41.2. The van der Waals surface area contributed by atoms with Gasteiger partial charge in [-0.25, -0.2) is 4.79 Å². The van der Waals surface area contributed by atoms with E-state index in [1.165, 1.54) is 77.0 Å². The maximum Gasteiger partial charge on any atom is 0.347 e.